The molecule has 0 spiro atoms. The van der Waals surface area contributed by atoms with Crippen molar-refractivity contribution in [3.63, 3.8) is 0 Å². The summed E-state index contributed by atoms with van der Waals surface area (Å²) >= 11 is 0. The van der Waals surface area contributed by atoms with E-state index in [9.17, 15) is 17.2 Å². The number of sulfonamides is 1. The Kier molecular flexibility index (Phi) is 5.81. The molecule has 4 rings (SSSR count). The third kappa shape index (κ3) is 4.07. The summed E-state index contributed by atoms with van der Waals surface area (Å²) in [6.45, 7) is 1.66. The number of rotatable bonds is 7. The monoisotopic (exact) mass is 436 g/mol. The molecule has 1 atom stereocenters. The van der Waals surface area contributed by atoms with Gasteiger partial charge >= 0.3 is 0 Å². The second-order valence-corrected chi connectivity index (χ2v) is 9.28. The molecule has 2 aromatic heterocycles. The van der Waals surface area contributed by atoms with Crippen LogP contribution in [0, 0.1) is 17.6 Å². The van der Waals surface area contributed by atoms with Crippen LogP contribution in [-0.2, 0) is 27.7 Å². The highest BCUT2D eigenvalue weighted by molar-refractivity contribution is 7.89. The van der Waals surface area contributed by atoms with Crippen LogP contribution in [0.4, 0.5) is 8.78 Å². The van der Waals surface area contributed by atoms with Crippen LogP contribution in [0.15, 0.2) is 41.4 Å². The first-order chi connectivity index (χ1) is 14.4. The maximum atomic E-state index is 13.5. The number of imidazole rings is 1. The van der Waals surface area contributed by atoms with Gasteiger partial charge in [-0.2, -0.15) is 4.31 Å². The number of pyridine rings is 1. The Labute approximate surface area is 173 Å². The molecule has 1 fully saturated rings. The lowest BCUT2D eigenvalue weighted by atomic mass is 10.0. The highest BCUT2D eigenvalue weighted by atomic mass is 32.2. The minimum Gasteiger partial charge on any atom is -0.383 e. The normalized spacial score (nSPS) is 17.8. The number of ether oxygens (including phenoxy) is 1. The van der Waals surface area contributed by atoms with Gasteiger partial charge in [-0.05, 0) is 36.6 Å². The summed E-state index contributed by atoms with van der Waals surface area (Å²) in [4.78, 5) is 8.72. The summed E-state index contributed by atoms with van der Waals surface area (Å²) in [6.07, 6.45) is 2.92. The average Bonchev–Trinajstić information content (AvgIpc) is 3.31. The van der Waals surface area contributed by atoms with Gasteiger partial charge in [-0.25, -0.2) is 27.2 Å². The Morgan fingerprint density at radius 1 is 1.23 bits per heavy atom. The Morgan fingerprint density at radius 3 is 2.73 bits per heavy atom. The molecule has 1 aliphatic rings. The first-order valence-electron chi connectivity index (χ1n) is 9.64. The number of hydrogen-bond donors (Lipinski definition) is 0. The van der Waals surface area contributed by atoms with Crippen LogP contribution < -0.4 is 0 Å². The summed E-state index contributed by atoms with van der Waals surface area (Å²) in [5.74, 6) is -0.967. The maximum Gasteiger partial charge on any atom is 0.243 e. The van der Waals surface area contributed by atoms with Crippen molar-refractivity contribution in [3.05, 3.63) is 54.0 Å². The predicted octanol–water partition coefficient (Wildman–Crippen LogP) is 2.61. The first kappa shape index (κ1) is 20.8. The van der Waals surface area contributed by atoms with Crippen molar-refractivity contribution in [3.8, 4) is 0 Å². The van der Waals surface area contributed by atoms with Crippen molar-refractivity contribution in [2.24, 2.45) is 5.92 Å². The first-order valence-corrected chi connectivity index (χ1v) is 11.1. The van der Waals surface area contributed by atoms with Crippen molar-refractivity contribution in [2.45, 2.75) is 24.3 Å². The highest BCUT2D eigenvalue weighted by Crippen LogP contribution is 2.28. The average molecular weight is 436 g/mol. The van der Waals surface area contributed by atoms with E-state index in [1.54, 1.807) is 13.3 Å². The van der Waals surface area contributed by atoms with Gasteiger partial charge < -0.3 is 9.30 Å². The van der Waals surface area contributed by atoms with Crippen LogP contribution in [0.5, 0.6) is 0 Å². The largest absolute Gasteiger partial charge is 0.383 e. The van der Waals surface area contributed by atoms with E-state index in [0.29, 0.717) is 38.6 Å². The summed E-state index contributed by atoms with van der Waals surface area (Å²) in [6, 6.07) is 6.06. The van der Waals surface area contributed by atoms with Crippen molar-refractivity contribution < 1.29 is 21.9 Å². The van der Waals surface area contributed by atoms with Crippen molar-refractivity contribution in [2.75, 3.05) is 26.8 Å². The Hall–Kier alpha value is -2.43. The summed E-state index contributed by atoms with van der Waals surface area (Å²) < 4.78 is 61.2. The van der Waals surface area contributed by atoms with Gasteiger partial charge in [0, 0.05) is 45.4 Å². The molecule has 160 valence electrons. The molecule has 0 unspecified atom stereocenters. The zero-order valence-electron chi connectivity index (χ0n) is 16.5. The number of aromatic nitrogens is 3. The van der Waals surface area contributed by atoms with Gasteiger partial charge in [0.1, 0.15) is 23.0 Å². The third-order valence-corrected chi connectivity index (χ3v) is 7.14. The third-order valence-electron chi connectivity index (χ3n) is 5.30. The predicted molar refractivity (Wildman–Crippen MR) is 106 cm³/mol. The van der Waals surface area contributed by atoms with Gasteiger partial charge in [-0.15, -0.1) is 0 Å². The SMILES string of the molecule is COCCn1c(C[C@H]2CCN(S(=O)(=O)c3cc(F)cc(F)c3)C2)nc2cccnc21. The van der Waals surface area contributed by atoms with E-state index < -0.39 is 21.7 Å². The number of benzene rings is 1. The zero-order chi connectivity index (χ0) is 21.3. The van der Waals surface area contributed by atoms with E-state index in [2.05, 4.69) is 9.97 Å². The Bertz CT molecular complexity index is 1150. The topological polar surface area (TPSA) is 77.3 Å². The second kappa shape index (κ2) is 8.37. The van der Waals surface area contributed by atoms with Crippen LogP contribution >= 0.6 is 0 Å². The molecule has 1 saturated heterocycles. The van der Waals surface area contributed by atoms with E-state index in [-0.39, 0.29) is 17.4 Å². The van der Waals surface area contributed by atoms with Crippen molar-refractivity contribution in [1.82, 2.24) is 18.8 Å². The van der Waals surface area contributed by atoms with Gasteiger partial charge in [0.05, 0.1) is 11.5 Å². The molecule has 0 aliphatic carbocycles. The molecule has 0 radical (unpaired) electrons. The van der Waals surface area contributed by atoms with E-state index in [0.717, 1.165) is 29.1 Å². The number of halogens is 2. The number of methoxy groups -OCH3 is 1. The minimum absolute atomic E-state index is 0.0382. The lowest BCUT2D eigenvalue weighted by Gasteiger charge is -2.17. The summed E-state index contributed by atoms with van der Waals surface area (Å²) in [5, 5.41) is 0. The van der Waals surface area contributed by atoms with E-state index in [4.69, 9.17) is 4.74 Å². The van der Waals surface area contributed by atoms with E-state index >= 15 is 0 Å². The van der Waals surface area contributed by atoms with Gasteiger partial charge in [-0.3, -0.25) is 0 Å². The van der Waals surface area contributed by atoms with Crippen LogP contribution in [-0.4, -0.2) is 54.1 Å². The van der Waals surface area contributed by atoms with E-state index in [1.165, 1.54) is 4.31 Å². The van der Waals surface area contributed by atoms with Gasteiger partial charge in [0.25, 0.3) is 0 Å². The fraction of sp³-hybridized carbons (Fsp3) is 0.400. The Morgan fingerprint density at radius 2 is 2.00 bits per heavy atom. The fourth-order valence-electron chi connectivity index (χ4n) is 3.85. The molecule has 10 heteroatoms. The highest BCUT2D eigenvalue weighted by Gasteiger charge is 2.34. The zero-order valence-corrected chi connectivity index (χ0v) is 17.3. The van der Waals surface area contributed by atoms with Crippen LogP contribution in [0.3, 0.4) is 0 Å². The molecule has 3 aromatic rings. The lowest BCUT2D eigenvalue weighted by Crippen LogP contribution is -2.29. The molecular weight excluding hydrogens is 414 g/mol. The number of hydrogen-bond acceptors (Lipinski definition) is 5. The molecule has 0 bridgehead atoms. The lowest BCUT2D eigenvalue weighted by molar-refractivity contribution is 0.187. The van der Waals surface area contributed by atoms with Crippen LogP contribution in [0.2, 0.25) is 0 Å². The summed E-state index contributed by atoms with van der Waals surface area (Å²) in [5.41, 5.74) is 1.54. The van der Waals surface area contributed by atoms with Crippen molar-refractivity contribution >= 4 is 21.2 Å². The molecule has 0 N–H and O–H groups in total. The van der Waals surface area contributed by atoms with Gasteiger partial charge in [0.2, 0.25) is 10.0 Å². The standard InChI is InChI=1S/C20H22F2N4O3S/c1-29-8-7-26-19(24-18-3-2-5-23-20(18)26)9-14-4-6-25(13-14)30(27,28)17-11-15(21)10-16(22)12-17/h2-3,5,10-12,14H,4,6-9,13H2,1H3/t14-/m1/s1. The maximum absolute atomic E-state index is 13.5. The van der Waals surface area contributed by atoms with E-state index in [1.807, 2.05) is 16.7 Å². The molecular formula is C20H22F2N4O3S. The molecule has 30 heavy (non-hydrogen) atoms. The Balaban J connectivity index is 1.54. The van der Waals surface area contributed by atoms with Crippen LogP contribution in [0.1, 0.15) is 12.2 Å². The smallest absolute Gasteiger partial charge is 0.243 e. The van der Waals surface area contributed by atoms with Gasteiger partial charge in [0.15, 0.2) is 5.65 Å². The quantitative estimate of drug-likeness (QED) is 0.569. The molecule has 3 heterocycles. The van der Waals surface area contributed by atoms with Crippen LogP contribution in [0.25, 0.3) is 11.2 Å². The number of fused-ring (bicyclic) bond motifs is 1. The molecule has 1 aromatic carbocycles. The number of nitrogens with zero attached hydrogens (tertiary/aromatic N) is 4. The minimum atomic E-state index is -3.96. The second-order valence-electron chi connectivity index (χ2n) is 7.35. The molecule has 1 aliphatic heterocycles. The molecule has 0 saturated carbocycles. The molecule has 0 amide bonds. The molecule has 7 nitrogen and oxygen atoms in total. The fourth-order valence-corrected chi connectivity index (χ4v) is 5.42. The summed E-state index contributed by atoms with van der Waals surface area (Å²) in [7, 11) is -2.34. The van der Waals surface area contributed by atoms with Gasteiger partial charge in [-0.1, -0.05) is 0 Å². The van der Waals surface area contributed by atoms with Crippen molar-refractivity contribution in [1.29, 1.82) is 0 Å².